The number of rotatable bonds is 4. The zero-order chi connectivity index (χ0) is 22.2. The molecule has 0 aromatic carbocycles. The van der Waals surface area contributed by atoms with Crippen LogP contribution in [-0.4, -0.2) is 53.3 Å². The lowest BCUT2D eigenvalue weighted by atomic mass is 9.52. The van der Waals surface area contributed by atoms with Crippen molar-refractivity contribution in [3.8, 4) is 6.07 Å². The third-order valence-corrected chi connectivity index (χ3v) is 7.05. The molecule has 1 spiro atoms. The topological polar surface area (TPSA) is 92.1 Å². The van der Waals surface area contributed by atoms with Crippen molar-refractivity contribution in [2.75, 3.05) is 13.2 Å². The quantitative estimate of drug-likeness (QED) is 0.628. The van der Waals surface area contributed by atoms with Gasteiger partial charge in [0.15, 0.2) is 6.23 Å². The zero-order valence-corrected chi connectivity index (χ0v) is 17.9. The van der Waals surface area contributed by atoms with Gasteiger partial charge in [-0.2, -0.15) is 10.3 Å². The average Bonchev–Trinajstić information content (AvgIpc) is 2.98. The first kappa shape index (κ1) is 21.4. The summed E-state index contributed by atoms with van der Waals surface area (Å²) in [7, 11) is 0. The van der Waals surface area contributed by atoms with Crippen LogP contribution in [0.1, 0.15) is 45.4 Å². The molecule has 3 heterocycles. The number of carbonyl (C=O) groups is 2. The Labute approximate surface area is 182 Å². The number of hydrogen-bond acceptors (Lipinski definition) is 6. The summed E-state index contributed by atoms with van der Waals surface area (Å²) in [6.07, 6.45) is 7.07. The maximum Gasteiger partial charge on any atom is 0.432 e. The van der Waals surface area contributed by atoms with Gasteiger partial charge in [-0.05, 0) is 51.0 Å². The number of amides is 2. The minimum atomic E-state index is -0.901. The summed E-state index contributed by atoms with van der Waals surface area (Å²) in [5, 5.41) is 12.9. The van der Waals surface area contributed by atoms with E-state index in [0.717, 1.165) is 37.7 Å². The van der Waals surface area contributed by atoms with Crippen molar-refractivity contribution in [1.29, 1.82) is 5.26 Å². The minimum absolute atomic E-state index is 0.00233. The molecule has 0 N–H and O–H groups in total. The molecule has 2 aliphatic carbocycles. The van der Waals surface area contributed by atoms with Gasteiger partial charge in [-0.1, -0.05) is 31.4 Å². The van der Waals surface area contributed by atoms with Crippen molar-refractivity contribution in [1.82, 2.24) is 10.0 Å². The summed E-state index contributed by atoms with van der Waals surface area (Å²) in [5.41, 5.74) is -0.696. The van der Waals surface area contributed by atoms with E-state index in [1.54, 1.807) is 0 Å². The average molecular weight is 428 g/mol. The van der Waals surface area contributed by atoms with Crippen molar-refractivity contribution >= 4 is 12.2 Å². The van der Waals surface area contributed by atoms with Gasteiger partial charge in [0.05, 0.1) is 23.1 Å². The molecule has 2 bridgehead atoms. The Morgan fingerprint density at radius 2 is 1.90 bits per heavy atom. The van der Waals surface area contributed by atoms with Crippen LogP contribution in [0.3, 0.4) is 0 Å². The van der Waals surface area contributed by atoms with Crippen LogP contribution in [0.25, 0.3) is 0 Å². The van der Waals surface area contributed by atoms with E-state index in [4.69, 9.17) is 14.2 Å². The van der Waals surface area contributed by atoms with Crippen molar-refractivity contribution in [2.24, 2.45) is 11.3 Å². The predicted octanol–water partition coefficient (Wildman–Crippen LogP) is 4.07. The molecule has 1 saturated heterocycles. The SMILES string of the molecule is C=CCOC(=O)N1[C@H]2O[C@@H]3CCC[C@]4(C#N)CCC[C@](C=C2C)([C@H]34)N1C(=O)OCC=C. The molecule has 5 aliphatic rings. The molecule has 2 saturated carbocycles. The molecule has 3 fully saturated rings. The number of carbonyl (C=O) groups excluding carboxylic acids is 2. The first-order valence-corrected chi connectivity index (χ1v) is 10.8. The number of ether oxygens (including phenoxy) is 3. The Hall–Kier alpha value is -2.79. The normalized spacial score (nSPS) is 35.7. The van der Waals surface area contributed by atoms with E-state index in [9.17, 15) is 14.9 Å². The summed E-state index contributed by atoms with van der Waals surface area (Å²) in [4.78, 5) is 26.5. The summed E-state index contributed by atoms with van der Waals surface area (Å²) < 4.78 is 17.2. The van der Waals surface area contributed by atoms with E-state index in [-0.39, 0.29) is 25.2 Å². The summed E-state index contributed by atoms with van der Waals surface area (Å²) >= 11 is 0. The van der Waals surface area contributed by atoms with E-state index in [1.807, 2.05) is 13.0 Å². The maximum atomic E-state index is 13.4. The highest BCUT2D eigenvalue weighted by molar-refractivity contribution is 5.77. The third kappa shape index (κ3) is 3.14. The lowest BCUT2D eigenvalue weighted by molar-refractivity contribution is -0.140. The molecule has 166 valence electrons. The summed E-state index contributed by atoms with van der Waals surface area (Å²) in [5.74, 6) is -0.263. The van der Waals surface area contributed by atoms with Gasteiger partial charge in [-0.3, -0.25) is 0 Å². The zero-order valence-electron chi connectivity index (χ0n) is 17.9. The first-order chi connectivity index (χ1) is 14.9. The van der Waals surface area contributed by atoms with Crippen molar-refractivity contribution in [3.05, 3.63) is 37.0 Å². The molecule has 0 aromatic rings. The fourth-order valence-electron chi connectivity index (χ4n) is 6.13. The van der Waals surface area contributed by atoms with E-state index in [0.29, 0.717) is 6.42 Å². The largest absolute Gasteiger partial charge is 0.444 e. The number of hydrazine groups is 1. The monoisotopic (exact) mass is 427 g/mol. The van der Waals surface area contributed by atoms with Crippen LogP contribution < -0.4 is 0 Å². The Morgan fingerprint density at radius 3 is 2.58 bits per heavy atom. The highest BCUT2D eigenvalue weighted by atomic mass is 16.6. The fourth-order valence-corrected chi connectivity index (χ4v) is 6.13. The van der Waals surface area contributed by atoms with E-state index < -0.39 is 29.4 Å². The standard InChI is InChI=1S/C23H29N3O5/c1-4-12-29-20(27)25-19-16(3)14-23(26(25)21(28)30-13-5-2)11-7-10-22(15-24)9-6-8-17(31-19)18(22)23/h4-5,14,17-19H,1-2,6-13H2,3H3/t17-,18-,19+,22-,23+/m1/s1. The lowest BCUT2D eigenvalue weighted by Crippen LogP contribution is -2.70. The molecular formula is C23H29N3O5. The van der Waals surface area contributed by atoms with Crippen molar-refractivity contribution < 1.29 is 23.8 Å². The van der Waals surface area contributed by atoms with Crippen LogP contribution in [0.4, 0.5) is 9.59 Å². The Bertz CT molecular complexity index is 860. The van der Waals surface area contributed by atoms with Crippen LogP contribution >= 0.6 is 0 Å². The lowest BCUT2D eigenvalue weighted by Gasteiger charge is -2.58. The van der Waals surface area contributed by atoms with Gasteiger partial charge in [0.2, 0.25) is 0 Å². The minimum Gasteiger partial charge on any atom is -0.444 e. The molecule has 3 aliphatic heterocycles. The Kier molecular flexibility index (Phi) is 5.56. The highest BCUT2D eigenvalue weighted by Crippen LogP contribution is 2.61. The van der Waals surface area contributed by atoms with Crippen LogP contribution in [0.2, 0.25) is 0 Å². The molecule has 2 amide bonds. The van der Waals surface area contributed by atoms with E-state index in [2.05, 4.69) is 19.2 Å². The molecule has 31 heavy (non-hydrogen) atoms. The van der Waals surface area contributed by atoms with Crippen LogP contribution in [-0.2, 0) is 14.2 Å². The second-order valence-electron chi connectivity index (χ2n) is 8.79. The Morgan fingerprint density at radius 1 is 1.23 bits per heavy atom. The first-order valence-electron chi connectivity index (χ1n) is 10.8. The van der Waals surface area contributed by atoms with Crippen LogP contribution in [0.15, 0.2) is 37.0 Å². The molecule has 5 rings (SSSR count). The molecular weight excluding hydrogens is 398 g/mol. The molecule has 8 heteroatoms. The molecule has 0 aromatic heterocycles. The number of nitriles is 1. The van der Waals surface area contributed by atoms with Gasteiger partial charge in [-0.15, -0.1) is 0 Å². The third-order valence-electron chi connectivity index (χ3n) is 7.05. The van der Waals surface area contributed by atoms with Gasteiger partial charge >= 0.3 is 12.2 Å². The maximum absolute atomic E-state index is 13.4. The van der Waals surface area contributed by atoms with Crippen molar-refractivity contribution in [2.45, 2.75) is 63.3 Å². The second-order valence-corrected chi connectivity index (χ2v) is 8.79. The summed E-state index contributed by atoms with van der Waals surface area (Å²) in [6, 6.07) is 2.60. The number of fused-ring (bicyclic) bond motifs is 1. The van der Waals surface area contributed by atoms with Gasteiger partial charge in [-0.25, -0.2) is 14.6 Å². The number of nitrogens with zero attached hydrogens (tertiary/aromatic N) is 3. The molecule has 0 unspecified atom stereocenters. The smallest absolute Gasteiger partial charge is 0.432 e. The number of hydrogen-bond donors (Lipinski definition) is 0. The van der Waals surface area contributed by atoms with Gasteiger partial charge in [0.1, 0.15) is 13.2 Å². The Balaban J connectivity index is 1.89. The predicted molar refractivity (Wildman–Crippen MR) is 111 cm³/mol. The second kappa shape index (κ2) is 8.04. The van der Waals surface area contributed by atoms with Crippen LogP contribution in [0.5, 0.6) is 0 Å². The van der Waals surface area contributed by atoms with Gasteiger partial charge in [0, 0.05) is 5.92 Å². The van der Waals surface area contributed by atoms with E-state index in [1.165, 1.54) is 22.2 Å². The fraction of sp³-hybridized carbons (Fsp3) is 0.609. The highest BCUT2D eigenvalue weighted by Gasteiger charge is 2.67. The van der Waals surface area contributed by atoms with Gasteiger partial charge < -0.3 is 14.2 Å². The summed E-state index contributed by atoms with van der Waals surface area (Å²) in [6.45, 7) is 9.11. The molecule has 0 radical (unpaired) electrons. The van der Waals surface area contributed by atoms with Crippen molar-refractivity contribution in [3.63, 3.8) is 0 Å². The van der Waals surface area contributed by atoms with Gasteiger partial charge in [0.25, 0.3) is 0 Å². The molecule has 5 atom stereocenters. The van der Waals surface area contributed by atoms with E-state index >= 15 is 0 Å². The van der Waals surface area contributed by atoms with Crippen LogP contribution in [0, 0.1) is 22.7 Å². The molecule has 8 nitrogen and oxygen atoms in total.